The van der Waals surface area contributed by atoms with Gasteiger partial charge >= 0.3 is 5.97 Å². The molecular formula is C9H11NO4. The van der Waals surface area contributed by atoms with Crippen molar-refractivity contribution in [3.05, 3.63) is 17.8 Å². The highest BCUT2D eigenvalue weighted by Gasteiger charge is 2.19. The lowest BCUT2D eigenvalue weighted by molar-refractivity contribution is 0.0592. The fraction of sp³-hybridized carbons (Fsp3) is 0.333. The van der Waals surface area contributed by atoms with Crippen LogP contribution in [-0.4, -0.2) is 32.3 Å². The van der Waals surface area contributed by atoms with Gasteiger partial charge < -0.3 is 14.2 Å². The van der Waals surface area contributed by atoms with E-state index in [4.69, 9.17) is 9.47 Å². The molecule has 1 aromatic heterocycles. The number of pyridine rings is 1. The molecule has 0 unspecified atom stereocenters. The highest BCUT2D eigenvalue weighted by atomic mass is 16.5. The molecule has 0 fully saturated rings. The molecule has 0 bridgehead atoms. The highest BCUT2D eigenvalue weighted by molar-refractivity contribution is 5.94. The quantitative estimate of drug-likeness (QED) is 0.673. The third-order valence-electron chi connectivity index (χ3n) is 1.68. The summed E-state index contributed by atoms with van der Waals surface area (Å²) in [6.07, 6.45) is 1.49. The minimum absolute atomic E-state index is 0.191. The van der Waals surface area contributed by atoms with Crippen molar-refractivity contribution in [1.29, 1.82) is 0 Å². The van der Waals surface area contributed by atoms with E-state index in [1.165, 1.54) is 27.5 Å². The molecule has 1 rings (SSSR count). The first kappa shape index (κ1) is 10.3. The number of nitrogens with zero attached hydrogens (tertiary/aromatic N) is 1. The fourth-order valence-corrected chi connectivity index (χ4v) is 1.04. The van der Waals surface area contributed by atoms with Crippen molar-refractivity contribution in [2.75, 3.05) is 21.3 Å². The van der Waals surface area contributed by atoms with Crippen LogP contribution in [0.1, 0.15) is 10.4 Å². The smallest absolute Gasteiger partial charge is 0.347 e. The van der Waals surface area contributed by atoms with E-state index in [1.54, 1.807) is 6.07 Å². The zero-order valence-corrected chi connectivity index (χ0v) is 8.23. The number of ether oxygens (including phenoxy) is 3. The second-order valence-electron chi connectivity index (χ2n) is 2.39. The van der Waals surface area contributed by atoms with E-state index in [9.17, 15) is 4.79 Å². The summed E-state index contributed by atoms with van der Waals surface area (Å²) >= 11 is 0. The Labute approximate surface area is 81.6 Å². The first-order chi connectivity index (χ1) is 6.74. The van der Waals surface area contributed by atoms with Gasteiger partial charge in [-0.3, -0.25) is 0 Å². The Morgan fingerprint density at radius 3 is 2.50 bits per heavy atom. The van der Waals surface area contributed by atoms with Gasteiger partial charge in [0.1, 0.15) is 5.75 Å². The molecule has 1 aromatic rings. The van der Waals surface area contributed by atoms with E-state index < -0.39 is 5.97 Å². The van der Waals surface area contributed by atoms with Gasteiger partial charge in [-0.05, 0) is 6.07 Å². The van der Waals surface area contributed by atoms with Gasteiger partial charge in [-0.25, -0.2) is 9.78 Å². The van der Waals surface area contributed by atoms with Crippen molar-refractivity contribution in [2.45, 2.75) is 0 Å². The predicted molar refractivity (Wildman–Crippen MR) is 48.7 cm³/mol. The number of hydrogen-bond acceptors (Lipinski definition) is 5. The molecule has 1 heterocycles. The zero-order chi connectivity index (χ0) is 10.6. The lowest BCUT2D eigenvalue weighted by atomic mass is 10.2. The molecule has 14 heavy (non-hydrogen) atoms. The minimum atomic E-state index is -0.535. The summed E-state index contributed by atoms with van der Waals surface area (Å²) in [6, 6.07) is 1.56. The summed E-state index contributed by atoms with van der Waals surface area (Å²) in [4.78, 5) is 15.2. The SMILES string of the molecule is COC(=O)c1c(OC)ccnc1OC. The molecule has 76 valence electrons. The molecule has 0 aliphatic rings. The molecule has 0 N–H and O–H groups in total. The first-order valence-electron chi connectivity index (χ1n) is 3.90. The van der Waals surface area contributed by atoms with Gasteiger partial charge in [-0.2, -0.15) is 0 Å². The van der Waals surface area contributed by atoms with Gasteiger partial charge in [0.05, 0.1) is 21.3 Å². The van der Waals surface area contributed by atoms with Crippen LogP contribution in [0.15, 0.2) is 12.3 Å². The van der Waals surface area contributed by atoms with Gasteiger partial charge in [-0.15, -0.1) is 0 Å². The summed E-state index contributed by atoms with van der Waals surface area (Å²) in [6.45, 7) is 0. The minimum Gasteiger partial charge on any atom is -0.496 e. The molecule has 5 nitrogen and oxygen atoms in total. The Morgan fingerprint density at radius 2 is 2.00 bits per heavy atom. The number of hydrogen-bond donors (Lipinski definition) is 0. The fourth-order valence-electron chi connectivity index (χ4n) is 1.04. The Hall–Kier alpha value is -1.78. The summed E-state index contributed by atoms with van der Waals surface area (Å²) < 4.78 is 14.5. The van der Waals surface area contributed by atoms with E-state index >= 15 is 0 Å². The molecule has 0 saturated carbocycles. The number of rotatable bonds is 3. The Bertz CT molecular complexity index is 315. The van der Waals surface area contributed by atoms with Crippen molar-refractivity contribution in [2.24, 2.45) is 0 Å². The Balaban J connectivity index is 3.25. The molecule has 5 heteroatoms. The van der Waals surface area contributed by atoms with Gasteiger partial charge in [0, 0.05) is 6.20 Å². The average molecular weight is 197 g/mol. The molecule has 0 aromatic carbocycles. The first-order valence-corrected chi connectivity index (χ1v) is 3.90. The van der Waals surface area contributed by atoms with Crippen LogP contribution in [0.3, 0.4) is 0 Å². The van der Waals surface area contributed by atoms with Crippen molar-refractivity contribution in [1.82, 2.24) is 4.98 Å². The van der Waals surface area contributed by atoms with Crippen LogP contribution in [0.4, 0.5) is 0 Å². The second kappa shape index (κ2) is 4.45. The van der Waals surface area contributed by atoms with Crippen LogP contribution < -0.4 is 9.47 Å². The zero-order valence-electron chi connectivity index (χ0n) is 8.23. The van der Waals surface area contributed by atoms with Crippen LogP contribution in [0, 0.1) is 0 Å². The normalized spacial score (nSPS) is 9.36. The van der Waals surface area contributed by atoms with E-state index in [2.05, 4.69) is 9.72 Å². The average Bonchev–Trinajstić information content (AvgIpc) is 2.26. The lowest BCUT2D eigenvalue weighted by Crippen LogP contribution is -2.07. The number of methoxy groups -OCH3 is 3. The molecule has 0 saturated heterocycles. The summed E-state index contributed by atoms with van der Waals surface area (Å²) in [5.41, 5.74) is 0.194. The third kappa shape index (κ3) is 1.76. The summed E-state index contributed by atoms with van der Waals surface area (Å²) in [7, 11) is 4.17. The van der Waals surface area contributed by atoms with Crippen LogP contribution >= 0.6 is 0 Å². The van der Waals surface area contributed by atoms with Gasteiger partial charge in [-0.1, -0.05) is 0 Å². The maximum atomic E-state index is 11.4. The largest absolute Gasteiger partial charge is 0.496 e. The topological polar surface area (TPSA) is 57.7 Å². The van der Waals surface area contributed by atoms with Crippen molar-refractivity contribution in [3.63, 3.8) is 0 Å². The van der Waals surface area contributed by atoms with Crippen LogP contribution in [0.2, 0.25) is 0 Å². The number of esters is 1. The standard InChI is InChI=1S/C9H11NO4/c1-12-6-4-5-10-8(13-2)7(6)9(11)14-3/h4-5H,1-3H3. The molecule has 0 spiro atoms. The Kier molecular flexibility index (Phi) is 3.28. The molecular weight excluding hydrogens is 186 g/mol. The van der Waals surface area contributed by atoms with E-state index in [0.29, 0.717) is 5.75 Å². The van der Waals surface area contributed by atoms with Crippen LogP contribution in [-0.2, 0) is 4.74 Å². The van der Waals surface area contributed by atoms with E-state index in [0.717, 1.165) is 0 Å². The van der Waals surface area contributed by atoms with Gasteiger partial charge in [0.25, 0.3) is 0 Å². The summed E-state index contributed by atoms with van der Waals surface area (Å²) in [5, 5.41) is 0. The monoisotopic (exact) mass is 197 g/mol. The van der Waals surface area contributed by atoms with Crippen LogP contribution in [0.5, 0.6) is 11.6 Å². The molecule has 0 aliphatic carbocycles. The van der Waals surface area contributed by atoms with E-state index in [-0.39, 0.29) is 11.4 Å². The maximum absolute atomic E-state index is 11.4. The second-order valence-corrected chi connectivity index (χ2v) is 2.39. The molecule has 0 aliphatic heterocycles. The van der Waals surface area contributed by atoms with Crippen molar-refractivity contribution < 1.29 is 19.0 Å². The third-order valence-corrected chi connectivity index (χ3v) is 1.68. The van der Waals surface area contributed by atoms with Crippen LogP contribution in [0.25, 0.3) is 0 Å². The Morgan fingerprint density at radius 1 is 1.29 bits per heavy atom. The van der Waals surface area contributed by atoms with Gasteiger partial charge in [0.2, 0.25) is 5.88 Å². The molecule has 0 atom stereocenters. The van der Waals surface area contributed by atoms with Gasteiger partial charge in [0.15, 0.2) is 5.56 Å². The van der Waals surface area contributed by atoms with Crippen molar-refractivity contribution >= 4 is 5.97 Å². The lowest BCUT2D eigenvalue weighted by Gasteiger charge is -2.09. The number of carbonyl (C=O) groups is 1. The number of aromatic nitrogens is 1. The maximum Gasteiger partial charge on any atom is 0.347 e. The van der Waals surface area contributed by atoms with Crippen molar-refractivity contribution in [3.8, 4) is 11.6 Å². The highest BCUT2D eigenvalue weighted by Crippen LogP contribution is 2.26. The molecule has 0 radical (unpaired) electrons. The number of carbonyl (C=O) groups excluding carboxylic acids is 1. The predicted octanol–water partition coefficient (Wildman–Crippen LogP) is 0.885. The molecule has 0 amide bonds. The van der Waals surface area contributed by atoms with E-state index in [1.807, 2.05) is 0 Å². The summed E-state index contributed by atoms with van der Waals surface area (Å²) in [5.74, 6) is 0.0340.